The van der Waals surface area contributed by atoms with Crippen LogP contribution in [0, 0.1) is 0 Å². The molecule has 0 radical (unpaired) electrons. The van der Waals surface area contributed by atoms with E-state index in [0.29, 0.717) is 12.1 Å². The molecular formula is C15H20N2OS. The molecule has 1 aliphatic rings. The molecule has 4 heteroatoms. The monoisotopic (exact) mass is 276 g/mol. The number of ether oxygens (including phenoxy) is 1. The van der Waals surface area contributed by atoms with E-state index in [1.54, 1.807) is 11.3 Å². The van der Waals surface area contributed by atoms with Crippen molar-refractivity contribution in [1.29, 1.82) is 0 Å². The zero-order chi connectivity index (χ0) is 13.1. The molecule has 2 atom stereocenters. The molecule has 3 rings (SSSR count). The van der Waals surface area contributed by atoms with E-state index in [4.69, 9.17) is 4.74 Å². The van der Waals surface area contributed by atoms with Gasteiger partial charge in [0.05, 0.1) is 16.3 Å². The maximum atomic E-state index is 5.70. The molecule has 1 fully saturated rings. The molecule has 0 spiro atoms. The Bertz CT molecular complexity index is 534. The predicted molar refractivity (Wildman–Crippen MR) is 79.6 cm³/mol. The first kappa shape index (κ1) is 13.0. The van der Waals surface area contributed by atoms with Gasteiger partial charge in [0, 0.05) is 18.8 Å². The summed E-state index contributed by atoms with van der Waals surface area (Å²) in [6.45, 7) is 0.942. The van der Waals surface area contributed by atoms with Crippen molar-refractivity contribution < 1.29 is 4.74 Å². The molecule has 2 unspecified atom stereocenters. The fourth-order valence-electron chi connectivity index (χ4n) is 2.75. The smallest absolute Gasteiger partial charge is 0.0809 e. The van der Waals surface area contributed by atoms with Crippen LogP contribution in [0.5, 0.6) is 0 Å². The molecule has 1 saturated heterocycles. The summed E-state index contributed by atoms with van der Waals surface area (Å²) < 4.78 is 6.97. The van der Waals surface area contributed by atoms with Crippen molar-refractivity contribution >= 4 is 21.6 Å². The van der Waals surface area contributed by atoms with Crippen LogP contribution in [-0.2, 0) is 4.74 Å². The predicted octanol–water partition coefficient (Wildman–Crippen LogP) is 3.52. The number of aromatic nitrogens is 1. The van der Waals surface area contributed by atoms with Gasteiger partial charge in [0.1, 0.15) is 0 Å². The first-order chi connectivity index (χ1) is 9.36. The van der Waals surface area contributed by atoms with Crippen molar-refractivity contribution in [3.05, 3.63) is 29.3 Å². The molecular weight excluding hydrogens is 256 g/mol. The van der Waals surface area contributed by atoms with Gasteiger partial charge in [0.2, 0.25) is 0 Å². The van der Waals surface area contributed by atoms with Crippen molar-refractivity contribution in [3.8, 4) is 0 Å². The molecule has 2 aromatic rings. The van der Waals surface area contributed by atoms with Gasteiger partial charge in [0.15, 0.2) is 0 Å². The lowest BCUT2D eigenvalue weighted by atomic mass is 10.0. The van der Waals surface area contributed by atoms with Crippen LogP contribution in [0.4, 0.5) is 0 Å². The fourth-order valence-corrected chi connectivity index (χ4v) is 3.54. The summed E-state index contributed by atoms with van der Waals surface area (Å²) in [6, 6.07) is 4.72. The van der Waals surface area contributed by atoms with E-state index in [1.807, 2.05) is 13.2 Å². The zero-order valence-corrected chi connectivity index (χ0v) is 12.1. The summed E-state index contributed by atoms with van der Waals surface area (Å²) in [6.07, 6.45) is 7.16. The van der Waals surface area contributed by atoms with E-state index in [0.717, 1.165) is 25.0 Å². The number of rotatable bonds is 5. The van der Waals surface area contributed by atoms with Crippen LogP contribution in [0.15, 0.2) is 23.7 Å². The van der Waals surface area contributed by atoms with Gasteiger partial charge in [-0.3, -0.25) is 4.98 Å². The second-order valence-corrected chi connectivity index (χ2v) is 6.07. The van der Waals surface area contributed by atoms with Crippen molar-refractivity contribution in [3.63, 3.8) is 0 Å². The minimum Gasteiger partial charge on any atom is -0.378 e. The Morgan fingerprint density at radius 3 is 3.32 bits per heavy atom. The average Bonchev–Trinajstić information content (AvgIpc) is 3.09. The van der Waals surface area contributed by atoms with Crippen molar-refractivity contribution in [2.45, 2.75) is 37.8 Å². The topological polar surface area (TPSA) is 34.1 Å². The van der Waals surface area contributed by atoms with Crippen molar-refractivity contribution in [1.82, 2.24) is 10.3 Å². The summed E-state index contributed by atoms with van der Waals surface area (Å²) >= 11 is 1.76. The van der Waals surface area contributed by atoms with Gasteiger partial charge in [-0.25, -0.2) is 0 Å². The maximum Gasteiger partial charge on any atom is 0.0809 e. The number of hydrogen-bond donors (Lipinski definition) is 1. The minimum absolute atomic E-state index is 0.378. The van der Waals surface area contributed by atoms with Gasteiger partial charge in [-0.15, -0.1) is 11.3 Å². The molecule has 0 bridgehead atoms. The van der Waals surface area contributed by atoms with Gasteiger partial charge in [-0.05, 0) is 55.8 Å². The van der Waals surface area contributed by atoms with E-state index in [9.17, 15) is 0 Å². The molecule has 102 valence electrons. The van der Waals surface area contributed by atoms with Crippen LogP contribution in [-0.4, -0.2) is 24.7 Å². The molecule has 19 heavy (non-hydrogen) atoms. The first-order valence-corrected chi connectivity index (χ1v) is 7.87. The van der Waals surface area contributed by atoms with E-state index in [2.05, 4.69) is 27.8 Å². The van der Waals surface area contributed by atoms with Crippen LogP contribution >= 0.6 is 11.3 Å². The molecule has 0 aliphatic carbocycles. The number of hydrogen-bond acceptors (Lipinski definition) is 4. The molecule has 0 aromatic carbocycles. The Morgan fingerprint density at radius 1 is 1.58 bits per heavy atom. The number of fused-ring (bicyclic) bond motifs is 1. The van der Waals surface area contributed by atoms with E-state index >= 15 is 0 Å². The van der Waals surface area contributed by atoms with E-state index in [-0.39, 0.29) is 0 Å². The largest absolute Gasteiger partial charge is 0.378 e. The third kappa shape index (κ3) is 2.96. The third-order valence-electron chi connectivity index (χ3n) is 3.88. The highest BCUT2D eigenvalue weighted by Gasteiger charge is 2.18. The quantitative estimate of drug-likeness (QED) is 0.907. The summed E-state index contributed by atoms with van der Waals surface area (Å²) in [5.74, 6) is 0. The Morgan fingerprint density at radius 2 is 2.53 bits per heavy atom. The summed E-state index contributed by atoms with van der Waals surface area (Å²) in [5.41, 5.74) is 2.39. The van der Waals surface area contributed by atoms with Crippen LogP contribution < -0.4 is 5.32 Å². The van der Waals surface area contributed by atoms with Crippen molar-refractivity contribution in [2.75, 3.05) is 13.7 Å². The number of thiophene rings is 1. The Balaban J connectivity index is 1.69. The highest BCUT2D eigenvalue weighted by atomic mass is 32.1. The van der Waals surface area contributed by atoms with Gasteiger partial charge < -0.3 is 10.1 Å². The number of pyridine rings is 1. The number of nitrogens with one attached hydrogen (secondary N) is 1. The highest BCUT2D eigenvalue weighted by molar-refractivity contribution is 7.17. The van der Waals surface area contributed by atoms with Gasteiger partial charge in [-0.1, -0.05) is 0 Å². The summed E-state index contributed by atoms with van der Waals surface area (Å²) in [4.78, 5) is 4.53. The zero-order valence-electron chi connectivity index (χ0n) is 11.3. The molecule has 3 nitrogen and oxygen atoms in total. The SMILES string of the molecule is CNC(CCC1CCCO1)c1cnc2ccsc2c1. The second kappa shape index (κ2) is 5.99. The van der Waals surface area contributed by atoms with Gasteiger partial charge in [-0.2, -0.15) is 0 Å². The molecule has 1 aliphatic heterocycles. The standard InChI is InChI=1S/C15H20N2OS/c1-16-13(5-4-12-3-2-7-18-12)11-9-15-14(17-10-11)6-8-19-15/h6,8-10,12-13,16H,2-5,7H2,1H3. The van der Waals surface area contributed by atoms with Crippen LogP contribution in [0.25, 0.3) is 10.2 Å². The lowest BCUT2D eigenvalue weighted by Gasteiger charge is -2.18. The Hall–Kier alpha value is -0.970. The summed E-state index contributed by atoms with van der Waals surface area (Å²) in [5, 5.41) is 5.51. The maximum absolute atomic E-state index is 5.70. The van der Waals surface area contributed by atoms with E-state index in [1.165, 1.54) is 23.1 Å². The van der Waals surface area contributed by atoms with Gasteiger partial charge in [0.25, 0.3) is 0 Å². The fraction of sp³-hybridized carbons (Fsp3) is 0.533. The average molecular weight is 276 g/mol. The Labute approximate surface area is 118 Å². The highest BCUT2D eigenvalue weighted by Crippen LogP contribution is 2.27. The minimum atomic E-state index is 0.378. The van der Waals surface area contributed by atoms with Crippen LogP contribution in [0.1, 0.15) is 37.3 Å². The first-order valence-electron chi connectivity index (χ1n) is 6.99. The van der Waals surface area contributed by atoms with Crippen molar-refractivity contribution in [2.24, 2.45) is 0 Å². The lowest BCUT2D eigenvalue weighted by molar-refractivity contribution is 0.0998. The van der Waals surface area contributed by atoms with E-state index < -0.39 is 0 Å². The lowest BCUT2D eigenvalue weighted by Crippen LogP contribution is -2.18. The number of nitrogens with zero attached hydrogens (tertiary/aromatic N) is 1. The van der Waals surface area contributed by atoms with Crippen LogP contribution in [0.3, 0.4) is 0 Å². The molecule has 3 heterocycles. The van der Waals surface area contributed by atoms with Crippen LogP contribution in [0.2, 0.25) is 0 Å². The molecule has 2 aromatic heterocycles. The third-order valence-corrected chi connectivity index (χ3v) is 4.73. The summed E-state index contributed by atoms with van der Waals surface area (Å²) in [7, 11) is 2.03. The molecule has 0 amide bonds. The van der Waals surface area contributed by atoms with Gasteiger partial charge >= 0.3 is 0 Å². The normalized spacial score (nSPS) is 21.0. The molecule has 0 saturated carbocycles. The second-order valence-electron chi connectivity index (χ2n) is 5.13. The molecule has 1 N–H and O–H groups in total. The Kier molecular flexibility index (Phi) is 4.11.